The zero-order valence-electron chi connectivity index (χ0n) is 10.9. The van der Waals surface area contributed by atoms with Crippen molar-refractivity contribution in [2.24, 2.45) is 0 Å². The van der Waals surface area contributed by atoms with Crippen molar-refractivity contribution in [3.05, 3.63) is 39.9 Å². The second-order valence-electron chi connectivity index (χ2n) is 5.01. The number of para-hydroxylation sites is 1. The number of benzene rings is 1. The van der Waals surface area contributed by atoms with Gasteiger partial charge in [0.2, 0.25) is 0 Å². The Labute approximate surface area is 126 Å². The van der Waals surface area contributed by atoms with Crippen LogP contribution in [-0.2, 0) is 16.3 Å². The van der Waals surface area contributed by atoms with Crippen molar-refractivity contribution in [3.8, 4) is 0 Å². The van der Waals surface area contributed by atoms with E-state index in [4.69, 9.17) is 0 Å². The van der Waals surface area contributed by atoms with Gasteiger partial charge in [-0.3, -0.25) is 10.1 Å². The molecule has 2 unspecified atom stereocenters. The fourth-order valence-electron chi connectivity index (χ4n) is 2.59. The molecule has 1 heterocycles. The van der Waals surface area contributed by atoms with Gasteiger partial charge in [-0.25, -0.2) is 8.42 Å². The molecule has 0 spiro atoms. The molecule has 110 valence electrons. The van der Waals surface area contributed by atoms with Crippen LogP contribution in [0.15, 0.2) is 24.3 Å². The lowest BCUT2D eigenvalue weighted by Crippen LogP contribution is -2.36. The first kappa shape index (κ1) is 15.4. The average molecular weight is 362 g/mol. The highest BCUT2D eigenvalue weighted by molar-refractivity contribution is 9.09. The van der Waals surface area contributed by atoms with E-state index in [1.807, 2.05) is 0 Å². The maximum Gasteiger partial charge on any atom is 0.272 e. The summed E-state index contributed by atoms with van der Waals surface area (Å²) >= 11 is 3.43. The summed E-state index contributed by atoms with van der Waals surface area (Å²) in [6, 6.07) is 6.48. The average Bonchev–Trinajstić information content (AvgIpc) is 2.38. The normalized spacial score (nSPS) is 23.1. The first-order valence-corrected chi connectivity index (χ1v) is 9.13. The van der Waals surface area contributed by atoms with Crippen molar-refractivity contribution in [3.63, 3.8) is 0 Å². The lowest BCUT2D eigenvalue weighted by atomic mass is 10.0. The molecule has 7 heteroatoms. The summed E-state index contributed by atoms with van der Waals surface area (Å²) in [7, 11) is -3.09. The Hall–Kier alpha value is -0.950. The van der Waals surface area contributed by atoms with Crippen LogP contribution in [0.3, 0.4) is 0 Å². The molecule has 0 N–H and O–H groups in total. The quantitative estimate of drug-likeness (QED) is 0.469. The molecule has 0 saturated carbocycles. The summed E-state index contributed by atoms with van der Waals surface area (Å²) < 4.78 is 24.1. The van der Waals surface area contributed by atoms with Crippen LogP contribution in [0.2, 0.25) is 0 Å². The summed E-state index contributed by atoms with van der Waals surface area (Å²) in [5.41, 5.74) is 0.616. The van der Waals surface area contributed by atoms with Gasteiger partial charge < -0.3 is 0 Å². The molecule has 1 aliphatic heterocycles. The number of hydrogen-bond acceptors (Lipinski definition) is 4. The zero-order chi connectivity index (χ0) is 14.8. The highest BCUT2D eigenvalue weighted by atomic mass is 79.9. The Bertz CT molecular complexity index is 602. The van der Waals surface area contributed by atoms with Crippen molar-refractivity contribution >= 4 is 31.5 Å². The van der Waals surface area contributed by atoms with Crippen LogP contribution < -0.4 is 0 Å². The molecule has 0 radical (unpaired) electrons. The third kappa shape index (κ3) is 3.38. The summed E-state index contributed by atoms with van der Waals surface area (Å²) in [5.74, 6) is 0.219. The number of halogens is 1. The van der Waals surface area contributed by atoms with E-state index in [1.165, 1.54) is 6.07 Å². The highest BCUT2D eigenvalue weighted by Gasteiger charge is 2.35. The monoisotopic (exact) mass is 361 g/mol. The number of rotatable bonds is 4. The molecule has 0 aromatic heterocycles. The summed E-state index contributed by atoms with van der Waals surface area (Å²) in [5, 5.41) is 10.5. The van der Waals surface area contributed by atoms with Crippen LogP contribution in [-0.4, -0.2) is 29.2 Å². The van der Waals surface area contributed by atoms with E-state index in [1.54, 1.807) is 18.2 Å². The van der Waals surface area contributed by atoms with E-state index in [-0.39, 0.29) is 16.3 Å². The molecular weight excluding hydrogens is 346 g/mol. The van der Waals surface area contributed by atoms with Gasteiger partial charge in [0.25, 0.3) is 5.69 Å². The highest BCUT2D eigenvalue weighted by Crippen LogP contribution is 2.30. The molecule has 0 bridgehead atoms. The number of hydrogen-bond donors (Lipinski definition) is 0. The predicted molar refractivity (Wildman–Crippen MR) is 80.9 cm³/mol. The number of nitrogens with zero attached hydrogens (tertiary/aromatic N) is 1. The Morgan fingerprint density at radius 1 is 1.35 bits per heavy atom. The lowest BCUT2D eigenvalue weighted by Gasteiger charge is -2.26. The molecule has 2 rings (SSSR count). The smallest absolute Gasteiger partial charge is 0.258 e. The summed E-state index contributed by atoms with van der Waals surface area (Å²) in [4.78, 5) is 10.3. The van der Waals surface area contributed by atoms with Crippen LogP contribution in [0.4, 0.5) is 5.69 Å². The molecule has 0 aliphatic carbocycles. The van der Waals surface area contributed by atoms with Crippen molar-refractivity contribution in [2.75, 3.05) is 5.75 Å². The van der Waals surface area contributed by atoms with Crippen LogP contribution in [0.25, 0.3) is 0 Å². The van der Waals surface area contributed by atoms with Gasteiger partial charge in [-0.15, -0.1) is 0 Å². The Morgan fingerprint density at radius 2 is 2.05 bits per heavy atom. The third-order valence-corrected chi connectivity index (χ3v) is 7.29. The number of nitro groups is 1. The molecule has 2 atom stereocenters. The van der Waals surface area contributed by atoms with Gasteiger partial charge in [0.1, 0.15) is 0 Å². The van der Waals surface area contributed by atoms with E-state index in [0.29, 0.717) is 24.8 Å². The minimum atomic E-state index is -3.09. The molecule has 1 aliphatic rings. The summed E-state index contributed by atoms with van der Waals surface area (Å²) in [6.07, 6.45) is 2.58. The molecule has 1 saturated heterocycles. The fourth-order valence-corrected chi connectivity index (χ4v) is 6.17. The third-order valence-electron chi connectivity index (χ3n) is 3.64. The van der Waals surface area contributed by atoms with Crippen LogP contribution in [0.1, 0.15) is 24.8 Å². The Kier molecular flexibility index (Phi) is 4.80. The van der Waals surface area contributed by atoms with E-state index in [2.05, 4.69) is 15.9 Å². The lowest BCUT2D eigenvalue weighted by molar-refractivity contribution is -0.385. The predicted octanol–water partition coefficient (Wildman–Crippen LogP) is 2.87. The molecule has 5 nitrogen and oxygen atoms in total. The molecule has 0 amide bonds. The SMILES string of the molecule is O=[N+]([O-])c1ccccc1CC(Br)C1CCCCS1(=O)=O. The van der Waals surface area contributed by atoms with Crippen LogP contribution >= 0.6 is 15.9 Å². The molecule has 1 aromatic rings. The van der Waals surface area contributed by atoms with Gasteiger partial charge >= 0.3 is 0 Å². The minimum absolute atomic E-state index is 0.0464. The van der Waals surface area contributed by atoms with Gasteiger partial charge in [-0.2, -0.15) is 0 Å². The van der Waals surface area contributed by atoms with Gasteiger partial charge in [0, 0.05) is 16.5 Å². The van der Waals surface area contributed by atoms with Crippen molar-refractivity contribution in [1.29, 1.82) is 0 Å². The van der Waals surface area contributed by atoms with Crippen LogP contribution in [0.5, 0.6) is 0 Å². The summed E-state index contributed by atoms with van der Waals surface area (Å²) in [6.45, 7) is 0. The zero-order valence-corrected chi connectivity index (χ0v) is 13.3. The van der Waals surface area contributed by atoms with Crippen molar-refractivity contribution < 1.29 is 13.3 Å². The van der Waals surface area contributed by atoms with Gasteiger partial charge in [-0.1, -0.05) is 40.5 Å². The van der Waals surface area contributed by atoms with Crippen molar-refractivity contribution in [1.82, 2.24) is 0 Å². The topological polar surface area (TPSA) is 77.3 Å². The maximum atomic E-state index is 12.1. The second-order valence-corrected chi connectivity index (χ2v) is 8.52. The molecule has 20 heavy (non-hydrogen) atoms. The largest absolute Gasteiger partial charge is 0.272 e. The first-order valence-electron chi connectivity index (χ1n) is 6.50. The first-order chi connectivity index (χ1) is 9.42. The molecular formula is C13H16BrNO4S. The van der Waals surface area contributed by atoms with Gasteiger partial charge in [-0.05, 0) is 19.3 Å². The standard InChI is InChI=1S/C13H16BrNO4S/c14-11(13-7-3-4-8-20(13,18)19)9-10-5-1-2-6-12(10)15(16)17/h1-2,5-6,11,13H,3-4,7-9H2. The molecule has 1 fully saturated rings. The van der Waals surface area contributed by atoms with Gasteiger partial charge in [0.05, 0.1) is 15.9 Å². The van der Waals surface area contributed by atoms with E-state index in [0.717, 1.165) is 6.42 Å². The Morgan fingerprint density at radius 3 is 2.70 bits per heavy atom. The minimum Gasteiger partial charge on any atom is -0.258 e. The number of alkyl halides is 1. The van der Waals surface area contributed by atoms with Crippen LogP contribution in [0, 0.1) is 10.1 Å². The number of nitro benzene ring substituents is 1. The fraction of sp³-hybridized carbons (Fsp3) is 0.538. The van der Waals surface area contributed by atoms with E-state index in [9.17, 15) is 18.5 Å². The Balaban J connectivity index is 2.20. The van der Waals surface area contributed by atoms with E-state index < -0.39 is 20.0 Å². The van der Waals surface area contributed by atoms with E-state index >= 15 is 0 Å². The van der Waals surface area contributed by atoms with Gasteiger partial charge in [0.15, 0.2) is 9.84 Å². The number of sulfone groups is 1. The maximum absolute atomic E-state index is 12.1. The molecule has 1 aromatic carbocycles. The van der Waals surface area contributed by atoms with Crippen molar-refractivity contribution in [2.45, 2.75) is 35.8 Å². The second kappa shape index (κ2) is 6.22.